The van der Waals surface area contributed by atoms with Gasteiger partial charge in [-0.05, 0) is 78.3 Å². The molecule has 0 spiro atoms. The second kappa shape index (κ2) is 3.99. The van der Waals surface area contributed by atoms with Crippen LogP contribution in [0.4, 0.5) is 5.00 Å². The van der Waals surface area contributed by atoms with E-state index in [1.165, 1.54) is 48.0 Å². The summed E-state index contributed by atoms with van der Waals surface area (Å²) in [5.74, 6) is 3.09. The SMILES string of the molecule is CN(c1cc(Br)cs1)C12CC3CC(CC(C3)C1)C2. The van der Waals surface area contributed by atoms with Gasteiger partial charge in [0.05, 0.1) is 5.00 Å². The minimum Gasteiger partial charge on any atom is -0.361 e. The summed E-state index contributed by atoms with van der Waals surface area (Å²) in [5, 5.41) is 3.66. The average Bonchev–Trinajstić information content (AvgIpc) is 2.73. The molecule has 0 aliphatic heterocycles. The molecule has 0 N–H and O–H groups in total. The van der Waals surface area contributed by atoms with Crippen LogP contribution in [0.3, 0.4) is 0 Å². The highest BCUT2D eigenvalue weighted by Crippen LogP contribution is 2.58. The Hall–Kier alpha value is -0.0200. The molecule has 4 saturated carbocycles. The van der Waals surface area contributed by atoms with Gasteiger partial charge < -0.3 is 4.90 Å². The van der Waals surface area contributed by atoms with E-state index in [9.17, 15) is 0 Å². The lowest BCUT2D eigenvalue weighted by atomic mass is 9.52. The van der Waals surface area contributed by atoms with Gasteiger partial charge in [-0.2, -0.15) is 0 Å². The maximum absolute atomic E-state index is 3.59. The van der Waals surface area contributed by atoms with Gasteiger partial charge in [0.2, 0.25) is 0 Å². The summed E-state index contributed by atoms with van der Waals surface area (Å²) in [6, 6.07) is 2.29. The Labute approximate surface area is 122 Å². The number of thiophene rings is 1. The van der Waals surface area contributed by atoms with E-state index in [2.05, 4.69) is 39.3 Å². The lowest BCUT2D eigenvalue weighted by molar-refractivity contribution is -0.00176. The van der Waals surface area contributed by atoms with Crippen LogP contribution in [0.1, 0.15) is 38.5 Å². The summed E-state index contributed by atoms with van der Waals surface area (Å²) in [7, 11) is 2.34. The van der Waals surface area contributed by atoms with Gasteiger partial charge in [-0.25, -0.2) is 0 Å². The van der Waals surface area contributed by atoms with E-state index in [0.717, 1.165) is 17.8 Å². The van der Waals surface area contributed by atoms with Gasteiger partial charge in [-0.3, -0.25) is 0 Å². The van der Waals surface area contributed by atoms with Crippen LogP contribution in [-0.4, -0.2) is 12.6 Å². The topological polar surface area (TPSA) is 3.24 Å². The average molecular weight is 326 g/mol. The molecule has 4 aliphatic carbocycles. The Kier molecular flexibility index (Phi) is 2.61. The first-order chi connectivity index (χ1) is 8.64. The van der Waals surface area contributed by atoms with Crippen LogP contribution in [0.15, 0.2) is 15.9 Å². The zero-order valence-electron chi connectivity index (χ0n) is 10.9. The van der Waals surface area contributed by atoms with Crippen molar-refractivity contribution in [2.75, 3.05) is 11.9 Å². The van der Waals surface area contributed by atoms with Crippen molar-refractivity contribution in [2.45, 2.75) is 44.1 Å². The Bertz CT molecular complexity index is 432. The molecular formula is C15H20BrNS. The third kappa shape index (κ3) is 1.70. The minimum atomic E-state index is 0.499. The molecule has 1 aromatic heterocycles. The lowest BCUT2D eigenvalue weighted by Gasteiger charge is -2.60. The fraction of sp³-hybridized carbons (Fsp3) is 0.733. The van der Waals surface area contributed by atoms with Crippen LogP contribution in [0.5, 0.6) is 0 Å². The third-order valence-electron chi connectivity index (χ3n) is 5.60. The van der Waals surface area contributed by atoms with Crippen molar-refractivity contribution in [1.82, 2.24) is 0 Å². The van der Waals surface area contributed by atoms with Crippen LogP contribution in [0.25, 0.3) is 0 Å². The first-order valence-corrected chi connectivity index (χ1v) is 8.80. The predicted molar refractivity (Wildman–Crippen MR) is 81.3 cm³/mol. The molecule has 4 aliphatic rings. The van der Waals surface area contributed by atoms with Crippen LogP contribution in [-0.2, 0) is 0 Å². The summed E-state index contributed by atoms with van der Waals surface area (Å²) in [6.45, 7) is 0. The molecule has 4 fully saturated rings. The van der Waals surface area contributed by atoms with Crippen LogP contribution in [0, 0.1) is 17.8 Å². The second-order valence-corrected chi connectivity index (χ2v) is 8.61. The maximum Gasteiger partial charge on any atom is 0.0922 e. The van der Waals surface area contributed by atoms with E-state index in [4.69, 9.17) is 0 Å². The van der Waals surface area contributed by atoms with Gasteiger partial charge in [0.25, 0.3) is 0 Å². The highest BCUT2D eigenvalue weighted by molar-refractivity contribution is 9.10. The molecule has 4 bridgehead atoms. The largest absolute Gasteiger partial charge is 0.361 e. The first-order valence-electron chi connectivity index (χ1n) is 7.12. The van der Waals surface area contributed by atoms with Crippen LogP contribution < -0.4 is 4.90 Å². The van der Waals surface area contributed by atoms with Crippen molar-refractivity contribution < 1.29 is 0 Å². The molecule has 5 rings (SSSR count). The number of nitrogens with zero attached hydrogens (tertiary/aromatic N) is 1. The van der Waals surface area contributed by atoms with E-state index in [-0.39, 0.29) is 0 Å². The van der Waals surface area contributed by atoms with Crippen molar-refractivity contribution in [3.05, 3.63) is 15.9 Å². The van der Waals surface area contributed by atoms with Crippen LogP contribution >= 0.6 is 27.3 Å². The van der Waals surface area contributed by atoms with Gasteiger partial charge in [0.15, 0.2) is 0 Å². The highest BCUT2D eigenvalue weighted by Gasteiger charge is 2.52. The van der Waals surface area contributed by atoms with Crippen molar-refractivity contribution in [2.24, 2.45) is 17.8 Å². The molecule has 0 aromatic carbocycles. The third-order valence-corrected chi connectivity index (χ3v) is 7.37. The molecule has 0 unspecified atom stereocenters. The molecule has 0 amide bonds. The van der Waals surface area contributed by atoms with E-state index in [1.807, 2.05) is 11.3 Å². The minimum absolute atomic E-state index is 0.499. The Morgan fingerprint density at radius 1 is 1.17 bits per heavy atom. The monoisotopic (exact) mass is 325 g/mol. The molecule has 3 heteroatoms. The van der Waals surface area contributed by atoms with Gasteiger partial charge in [-0.1, -0.05) is 0 Å². The molecule has 98 valence electrons. The molecule has 1 nitrogen and oxygen atoms in total. The second-order valence-electron chi connectivity index (χ2n) is 6.80. The molecule has 0 radical (unpaired) electrons. The molecule has 0 atom stereocenters. The molecule has 0 saturated heterocycles. The van der Waals surface area contributed by atoms with E-state index < -0.39 is 0 Å². The molecule has 18 heavy (non-hydrogen) atoms. The zero-order valence-corrected chi connectivity index (χ0v) is 13.3. The standard InChI is InChI=1S/C15H20BrNS/c1-17(14-5-13(16)9-18-14)15-6-10-2-11(7-15)4-12(3-10)8-15/h5,9-12H,2-4,6-8H2,1H3. The fourth-order valence-electron chi connectivity index (χ4n) is 5.19. The summed E-state index contributed by atoms with van der Waals surface area (Å²) in [4.78, 5) is 2.63. The molecule has 1 aromatic rings. The smallest absolute Gasteiger partial charge is 0.0922 e. The van der Waals surface area contributed by atoms with Crippen molar-refractivity contribution in [3.8, 4) is 0 Å². The summed E-state index contributed by atoms with van der Waals surface area (Å²) >= 11 is 5.48. The van der Waals surface area contributed by atoms with Crippen LogP contribution in [0.2, 0.25) is 0 Å². The van der Waals surface area contributed by atoms with E-state index in [1.54, 1.807) is 0 Å². The lowest BCUT2D eigenvalue weighted by Crippen LogP contribution is -2.59. The van der Waals surface area contributed by atoms with Gasteiger partial charge >= 0.3 is 0 Å². The fourth-order valence-corrected chi connectivity index (χ4v) is 6.68. The van der Waals surface area contributed by atoms with Crippen molar-refractivity contribution in [3.63, 3.8) is 0 Å². The van der Waals surface area contributed by atoms with Gasteiger partial charge in [-0.15, -0.1) is 11.3 Å². The molecule has 1 heterocycles. The highest BCUT2D eigenvalue weighted by atomic mass is 79.9. The number of halogens is 1. The normalized spacial score (nSPS) is 41.3. The number of hydrogen-bond acceptors (Lipinski definition) is 2. The first kappa shape index (κ1) is 11.8. The van der Waals surface area contributed by atoms with E-state index >= 15 is 0 Å². The molecular weight excluding hydrogens is 306 g/mol. The Morgan fingerprint density at radius 2 is 1.72 bits per heavy atom. The summed E-state index contributed by atoms with van der Waals surface area (Å²) < 4.78 is 1.24. The predicted octanol–water partition coefficient (Wildman–Crippen LogP) is 4.92. The summed E-state index contributed by atoms with van der Waals surface area (Å²) in [5.41, 5.74) is 0.499. The zero-order chi connectivity index (χ0) is 12.3. The number of anilines is 1. The Balaban J connectivity index is 1.67. The number of hydrogen-bond donors (Lipinski definition) is 0. The van der Waals surface area contributed by atoms with Gasteiger partial charge in [0.1, 0.15) is 0 Å². The van der Waals surface area contributed by atoms with Crippen molar-refractivity contribution >= 4 is 32.3 Å². The van der Waals surface area contributed by atoms with E-state index in [0.29, 0.717) is 5.54 Å². The number of rotatable bonds is 2. The van der Waals surface area contributed by atoms with Gasteiger partial charge in [0, 0.05) is 22.4 Å². The van der Waals surface area contributed by atoms with Crippen molar-refractivity contribution in [1.29, 1.82) is 0 Å². The summed E-state index contributed by atoms with van der Waals surface area (Å²) in [6.07, 6.45) is 8.94. The quantitative estimate of drug-likeness (QED) is 0.746. The maximum atomic E-state index is 3.59. The Morgan fingerprint density at radius 3 is 2.17 bits per heavy atom.